The number of carboxylic acid groups (broad SMARTS) is 1. The van der Waals surface area contributed by atoms with Crippen molar-refractivity contribution in [2.75, 3.05) is 25.1 Å². The maximum atomic E-state index is 11.8. The molecule has 0 bridgehead atoms. The molecule has 0 aliphatic carbocycles. The molecule has 0 atom stereocenters. The van der Waals surface area contributed by atoms with E-state index in [2.05, 4.69) is 0 Å². The van der Waals surface area contributed by atoms with Gasteiger partial charge in [-0.2, -0.15) is 11.8 Å². The normalized spacial score (nSPS) is 9.95. The molecule has 0 aliphatic rings. The number of carbonyl (C=O) groups is 2. The van der Waals surface area contributed by atoms with Crippen molar-refractivity contribution in [1.29, 1.82) is 0 Å². The minimum atomic E-state index is -1.04. The fourth-order valence-corrected chi connectivity index (χ4v) is 1.81. The molecule has 0 spiro atoms. The number of amides is 1. The first-order valence-corrected chi connectivity index (χ1v) is 7.19. The number of carboxylic acids is 1. The van der Waals surface area contributed by atoms with Crippen LogP contribution in [0.2, 0.25) is 0 Å². The zero-order valence-electron chi connectivity index (χ0n) is 10.7. The van der Waals surface area contributed by atoms with Crippen molar-refractivity contribution in [2.45, 2.75) is 6.61 Å². The van der Waals surface area contributed by atoms with E-state index in [0.29, 0.717) is 12.3 Å². The van der Waals surface area contributed by atoms with Gasteiger partial charge in [0.1, 0.15) is 13.2 Å². The Hall–Kier alpha value is -1.69. The van der Waals surface area contributed by atoms with Gasteiger partial charge in [0.2, 0.25) is 0 Å². The molecule has 19 heavy (non-hydrogen) atoms. The highest BCUT2D eigenvalue weighted by molar-refractivity contribution is 7.98. The van der Waals surface area contributed by atoms with Gasteiger partial charge in [-0.25, -0.2) is 4.79 Å². The number of nitrogens with zero attached hydrogens (tertiary/aromatic N) is 1. The van der Waals surface area contributed by atoms with Gasteiger partial charge in [0.05, 0.1) is 0 Å². The van der Waals surface area contributed by atoms with Crippen molar-refractivity contribution in [3.63, 3.8) is 0 Å². The average molecular weight is 283 g/mol. The van der Waals surface area contributed by atoms with Gasteiger partial charge in [0.25, 0.3) is 0 Å². The Morgan fingerprint density at radius 1 is 1.32 bits per heavy atom. The van der Waals surface area contributed by atoms with E-state index in [1.807, 2.05) is 36.6 Å². The van der Waals surface area contributed by atoms with Crippen LogP contribution >= 0.6 is 11.8 Å². The zero-order valence-corrected chi connectivity index (χ0v) is 11.6. The fraction of sp³-hybridized carbons (Fsp3) is 0.385. The third kappa shape index (κ3) is 6.15. The Morgan fingerprint density at radius 2 is 2.00 bits per heavy atom. The summed E-state index contributed by atoms with van der Waals surface area (Å²) in [5, 5.41) is 8.76. The van der Waals surface area contributed by atoms with Crippen molar-refractivity contribution < 1.29 is 19.4 Å². The van der Waals surface area contributed by atoms with E-state index in [0.717, 1.165) is 5.56 Å². The molecule has 0 fully saturated rings. The number of benzene rings is 1. The highest BCUT2D eigenvalue weighted by Gasteiger charge is 2.17. The van der Waals surface area contributed by atoms with Crippen LogP contribution in [0.5, 0.6) is 0 Å². The van der Waals surface area contributed by atoms with E-state index in [1.54, 1.807) is 11.8 Å². The van der Waals surface area contributed by atoms with E-state index < -0.39 is 12.1 Å². The van der Waals surface area contributed by atoms with Gasteiger partial charge < -0.3 is 9.84 Å². The van der Waals surface area contributed by atoms with Crippen molar-refractivity contribution in [3.8, 4) is 0 Å². The lowest BCUT2D eigenvalue weighted by molar-refractivity contribution is -0.137. The van der Waals surface area contributed by atoms with Crippen molar-refractivity contribution in [3.05, 3.63) is 35.9 Å². The minimum Gasteiger partial charge on any atom is -0.480 e. The predicted octanol–water partition coefficient (Wildman–Crippen LogP) is 2.07. The molecule has 1 aromatic rings. The second-order valence-electron chi connectivity index (χ2n) is 3.85. The van der Waals surface area contributed by atoms with Gasteiger partial charge >= 0.3 is 12.1 Å². The lowest BCUT2D eigenvalue weighted by Gasteiger charge is -2.19. The Kier molecular flexibility index (Phi) is 6.81. The summed E-state index contributed by atoms with van der Waals surface area (Å²) in [6.07, 6.45) is 1.30. The van der Waals surface area contributed by atoms with E-state index in [-0.39, 0.29) is 13.2 Å². The summed E-state index contributed by atoms with van der Waals surface area (Å²) in [4.78, 5) is 23.7. The summed E-state index contributed by atoms with van der Waals surface area (Å²) >= 11 is 1.55. The molecule has 1 N–H and O–H groups in total. The SMILES string of the molecule is CSCCN(CC(=O)O)C(=O)OCc1ccccc1. The molecule has 5 nitrogen and oxygen atoms in total. The van der Waals surface area contributed by atoms with Gasteiger partial charge in [-0.1, -0.05) is 30.3 Å². The second-order valence-corrected chi connectivity index (χ2v) is 4.83. The lowest BCUT2D eigenvalue weighted by Crippen LogP contribution is -2.37. The van der Waals surface area contributed by atoms with Crippen molar-refractivity contribution >= 4 is 23.8 Å². The van der Waals surface area contributed by atoms with Crippen LogP contribution in [0.3, 0.4) is 0 Å². The first kappa shape index (κ1) is 15.4. The summed E-state index contributed by atoms with van der Waals surface area (Å²) in [6.45, 7) is 0.171. The summed E-state index contributed by atoms with van der Waals surface area (Å²) in [7, 11) is 0. The van der Waals surface area contributed by atoms with E-state index in [9.17, 15) is 9.59 Å². The standard InChI is InChI=1S/C13H17NO4S/c1-19-8-7-14(9-12(15)16)13(17)18-10-11-5-3-2-4-6-11/h2-6H,7-10H2,1H3,(H,15,16). The van der Waals surface area contributed by atoms with Crippen LogP contribution in [0, 0.1) is 0 Å². The molecule has 0 aliphatic heterocycles. The molecule has 1 amide bonds. The Balaban J connectivity index is 2.48. The highest BCUT2D eigenvalue weighted by Crippen LogP contribution is 2.04. The van der Waals surface area contributed by atoms with Crippen LogP contribution in [0.4, 0.5) is 4.79 Å². The number of ether oxygens (including phenoxy) is 1. The van der Waals surface area contributed by atoms with Gasteiger partial charge in [-0.05, 0) is 11.8 Å². The maximum absolute atomic E-state index is 11.8. The molecular weight excluding hydrogens is 266 g/mol. The molecule has 0 aromatic heterocycles. The number of thioether (sulfide) groups is 1. The number of hydrogen-bond acceptors (Lipinski definition) is 4. The van der Waals surface area contributed by atoms with Crippen LogP contribution in [0.25, 0.3) is 0 Å². The van der Waals surface area contributed by atoms with Crippen molar-refractivity contribution in [1.82, 2.24) is 4.90 Å². The van der Waals surface area contributed by atoms with Crippen LogP contribution < -0.4 is 0 Å². The second kappa shape index (κ2) is 8.42. The first-order valence-electron chi connectivity index (χ1n) is 5.80. The van der Waals surface area contributed by atoms with E-state index in [4.69, 9.17) is 9.84 Å². The Morgan fingerprint density at radius 3 is 2.58 bits per heavy atom. The summed E-state index contributed by atoms with van der Waals surface area (Å²) < 4.78 is 5.10. The highest BCUT2D eigenvalue weighted by atomic mass is 32.2. The summed E-state index contributed by atoms with van der Waals surface area (Å²) in [6, 6.07) is 9.27. The molecule has 0 saturated carbocycles. The topological polar surface area (TPSA) is 66.8 Å². The van der Waals surface area contributed by atoms with Gasteiger partial charge in [-0.3, -0.25) is 9.69 Å². The van der Waals surface area contributed by atoms with Crippen LogP contribution in [0.15, 0.2) is 30.3 Å². The van der Waals surface area contributed by atoms with Gasteiger partial charge in [-0.15, -0.1) is 0 Å². The molecule has 1 aromatic carbocycles. The van der Waals surface area contributed by atoms with Crippen LogP contribution in [0.1, 0.15) is 5.56 Å². The molecular formula is C13H17NO4S. The number of rotatable bonds is 7. The Bertz CT molecular complexity index is 410. The number of carbonyl (C=O) groups excluding carboxylic acids is 1. The smallest absolute Gasteiger partial charge is 0.410 e. The van der Waals surface area contributed by atoms with Gasteiger partial charge in [0, 0.05) is 12.3 Å². The maximum Gasteiger partial charge on any atom is 0.410 e. The van der Waals surface area contributed by atoms with E-state index in [1.165, 1.54) is 4.90 Å². The average Bonchev–Trinajstić information content (AvgIpc) is 2.41. The molecule has 104 valence electrons. The van der Waals surface area contributed by atoms with E-state index >= 15 is 0 Å². The number of hydrogen-bond donors (Lipinski definition) is 1. The molecule has 0 radical (unpaired) electrons. The zero-order chi connectivity index (χ0) is 14.1. The number of aliphatic carboxylic acids is 1. The molecule has 0 unspecified atom stereocenters. The van der Waals surface area contributed by atoms with Gasteiger partial charge in [0.15, 0.2) is 0 Å². The third-order valence-electron chi connectivity index (χ3n) is 2.35. The lowest BCUT2D eigenvalue weighted by atomic mass is 10.2. The molecule has 1 rings (SSSR count). The monoisotopic (exact) mass is 283 g/mol. The molecule has 6 heteroatoms. The largest absolute Gasteiger partial charge is 0.480 e. The molecule has 0 heterocycles. The van der Waals surface area contributed by atoms with Crippen LogP contribution in [-0.4, -0.2) is 47.2 Å². The first-order chi connectivity index (χ1) is 9.13. The fourth-order valence-electron chi connectivity index (χ4n) is 1.41. The quantitative estimate of drug-likeness (QED) is 0.829. The molecule has 0 saturated heterocycles. The summed E-state index contributed by atoms with van der Waals surface area (Å²) in [5.74, 6) is -0.369. The predicted molar refractivity (Wildman–Crippen MR) is 74.2 cm³/mol. The van der Waals surface area contributed by atoms with Crippen molar-refractivity contribution in [2.24, 2.45) is 0 Å². The minimum absolute atomic E-state index is 0.148. The summed E-state index contributed by atoms with van der Waals surface area (Å²) in [5.41, 5.74) is 0.871. The third-order valence-corrected chi connectivity index (χ3v) is 2.95. The van der Waals surface area contributed by atoms with Crippen LogP contribution in [-0.2, 0) is 16.1 Å². The Labute approximate surface area is 116 Å².